The van der Waals surface area contributed by atoms with E-state index in [1.165, 1.54) is 6.20 Å². The molecular weight excluding hydrogens is 314 g/mol. The minimum absolute atomic E-state index is 0.170. The van der Waals surface area contributed by atoms with E-state index in [0.717, 1.165) is 12.1 Å². The van der Waals surface area contributed by atoms with Crippen molar-refractivity contribution in [2.24, 2.45) is 0 Å². The molecule has 0 fully saturated rings. The smallest absolute Gasteiger partial charge is 0.347 e. The molecule has 1 rings (SSSR count). The van der Waals surface area contributed by atoms with Gasteiger partial charge >= 0.3 is 11.9 Å². The number of rotatable bonds is 10. The highest BCUT2D eigenvalue weighted by molar-refractivity contribution is 6.14. The van der Waals surface area contributed by atoms with E-state index in [4.69, 9.17) is 14.2 Å². The second-order valence-corrected chi connectivity index (χ2v) is 4.88. The Kier molecular flexibility index (Phi) is 8.56. The maximum absolute atomic E-state index is 11.9. The standard InChI is InChI=1S/C16H25N3O5/c1-5-23-15(20)13(16(21)24-6-2)11-17-14-10-12(3)18-19(14)8-7-9-22-4/h10-11,17H,5-9H2,1-4H3. The summed E-state index contributed by atoms with van der Waals surface area (Å²) in [6.45, 7) is 6.80. The second kappa shape index (κ2) is 10.4. The lowest BCUT2D eigenvalue weighted by atomic mass is 10.3. The fraction of sp³-hybridized carbons (Fsp3) is 0.562. The minimum atomic E-state index is -0.731. The highest BCUT2D eigenvalue weighted by Gasteiger charge is 2.21. The number of nitrogens with zero attached hydrogens (tertiary/aromatic N) is 2. The molecule has 0 aliphatic rings. The summed E-state index contributed by atoms with van der Waals surface area (Å²) in [5, 5.41) is 7.30. The largest absolute Gasteiger partial charge is 0.462 e. The first-order valence-corrected chi connectivity index (χ1v) is 7.87. The number of esters is 2. The Labute approximate surface area is 141 Å². The summed E-state index contributed by atoms with van der Waals surface area (Å²) >= 11 is 0. The molecule has 1 aromatic rings. The van der Waals surface area contributed by atoms with Crippen molar-refractivity contribution in [2.75, 3.05) is 32.2 Å². The first-order valence-electron chi connectivity index (χ1n) is 7.87. The summed E-state index contributed by atoms with van der Waals surface area (Å²) in [6, 6.07) is 1.82. The Balaban J connectivity index is 2.91. The fourth-order valence-corrected chi connectivity index (χ4v) is 1.96. The van der Waals surface area contributed by atoms with Gasteiger partial charge in [0.05, 0.1) is 18.9 Å². The van der Waals surface area contributed by atoms with E-state index >= 15 is 0 Å². The zero-order valence-corrected chi connectivity index (χ0v) is 14.6. The van der Waals surface area contributed by atoms with Crippen molar-refractivity contribution in [3.8, 4) is 0 Å². The van der Waals surface area contributed by atoms with Gasteiger partial charge in [0.1, 0.15) is 5.82 Å². The van der Waals surface area contributed by atoms with Crippen LogP contribution in [0.5, 0.6) is 0 Å². The lowest BCUT2D eigenvalue weighted by molar-refractivity contribution is -0.146. The first kappa shape index (κ1) is 19.7. The van der Waals surface area contributed by atoms with Crippen molar-refractivity contribution in [2.45, 2.75) is 33.7 Å². The molecule has 8 nitrogen and oxygen atoms in total. The van der Waals surface area contributed by atoms with Crippen LogP contribution in [-0.4, -0.2) is 48.6 Å². The lowest BCUT2D eigenvalue weighted by Gasteiger charge is -2.09. The van der Waals surface area contributed by atoms with Gasteiger partial charge in [-0.1, -0.05) is 0 Å². The maximum Gasteiger partial charge on any atom is 0.347 e. The van der Waals surface area contributed by atoms with Gasteiger partial charge < -0.3 is 19.5 Å². The van der Waals surface area contributed by atoms with Gasteiger partial charge in [0, 0.05) is 32.5 Å². The average molecular weight is 339 g/mol. The van der Waals surface area contributed by atoms with Gasteiger partial charge in [0.25, 0.3) is 0 Å². The second-order valence-electron chi connectivity index (χ2n) is 4.88. The number of nitrogens with one attached hydrogen (secondary N) is 1. The Morgan fingerprint density at radius 3 is 2.42 bits per heavy atom. The summed E-state index contributed by atoms with van der Waals surface area (Å²) in [5.41, 5.74) is 0.623. The summed E-state index contributed by atoms with van der Waals surface area (Å²) in [6.07, 6.45) is 2.08. The predicted molar refractivity (Wildman–Crippen MR) is 88.4 cm³/mol. The van der Waals surface area contributed by atoms with Gasteiger partial charge in [-0.15, -0.1) is 0 Å². The maximum atomic E-state index is 11.9. The van der Waals surface area contributed by atoms with Crippen LogP contribution in [0, 0.1) is 6.92 Å². The van der Waals surface area contributed by atoms with Crippen LogP contribution in [0.1, 0.15) is 26.0 Å². The van der Waals surface area contributed by atoms with E-state index in [2.05, 4.69) is 10.4 Å². The van der Waals surface area contributed by atoms with Crippen molar-refractivity contribution < 1.29 is 23.8 Å². The van der Waals surface area contributed by atoms with Crippen LogP contribution in [0.3, 0.4) is 0 Å². The van der Waals surface area contributed by atoms with Crippen molar-refractivity contribution in [1.29, 1.82) is 0 Å². The third-order valence-electron chi connectivity index (χ3n) is 2.98. The number of ether oxygens (including phenoxy) is 3. The molecule has 0 saturated carbocycles. The van der Waals surface area contributed by atoms with E-state index in [1.807, 2.05) is 13.0 Å². The molecule has 0 atom stereocenters. The molecular formula is C16H25N3O5. The molecule has 1 heterocycles. The minimum Gasteiger partial charge on any atom is -0.462 e. The summed E-state index contributed by atoms with van der Waals surface area (Å²) in [4.78, 5) is 23.8. The fourth-order valence-electron chi connectivity index (χ4n) is 1.96. The summed E-state index contributed by atoms with van der Waals surface area (Å²) in [5.74, 6) is -0.800. The van der Waals surface area contributed by atoms with E-state index in [9.17, 15) is 9.59 Å². The van der Waals surface area contributed by atoms with Crippen molar-refractivity contribution in [3.05, 3.63) is 23.5 Å². The lowest BCUT2D eigenvalue weighted by Crippen LogP contribution is -2.20. The Hall–Kier alpha value is -2.35. The summed E-state index contributed by atoms with van der Waals surface area (Å²) in [7, 11) is 1.64. The Bertz CT molecular complexity index is 560. The number of hydrogen-bond acceptors (Lipinski definition) is 7. The number of methoxy groups -OCH3 is 1. The molecule has 0 unspecified atom stereocenters. The number of anilines is 1. The third-order valence-corrected chi connectivity index (χ3v) is 2.98. The van der Waals surface area contributed by atoms with E-state index in [1.54, 1.807) is 25.6 Å². The molecule has 24 heavy (non-hydrogen) atoms. The normalized spacial score (nSPS) is 10.2. The zero-order valence-electron chi connectivity index (χ0n) is 14.6. The van der Waals surface area contributed by atoms with Gasteiger partial charge in [-0.3, -0.25) is 0 Å². The van der Waals surface area contributed by atoms with Crippen LogP contribution >= 0.6 is 0 Å². The molecule has 134 valence electrons. The van der Waals surface area contributed by atoms with Gasteiger partial charge in [-0.05, 0) is 27.2 Å². The number of aryl methyl sites for hydroxylation is 2. The molecule has 0 radical (unpaired) electrons. The molecule has 0 bridgehead atoms. The molecule has 0 aromatic carbocycles. The molecule has 0 aliphatic carbocycles. The predicted octanol–water partition coefficient (Wildman–Crippen LogP) is 1.65. The highest BCUT2D eigenvalue weighted by Crippen LogP contribution is 2.12. The van der Waals surface area contributed by atoms with Crippen molar-refractivity contribution >= 4 is 17.8 Å². The van der Waals surface area contributed by atoms with E-state index in [-0.39, 0.29) is 18.8 Å². The molecule has 0 saturated heterocycles. The van der Waals surface area contributed by atoms with Crippen molar-refractivity contribution in [3.63, 3.8) is 0 Å². The number of carbonyl (C=O) groups is 2. The van der Waals surface area contributed by atoms with Gasteiger partial charge in [-0.25, -0.2) is 14.3 Å². The van der Waals surface area contributed by atoms with Crippen LogP contribution in [0.25, 0.3) is 0 Å². The Morgan fingerprint density at radius 2 is 1.88 bits per heavy atom. The van der Waals surface area contributed by atoms with E-state index < -0.39 is 11.9 Å². The quantitative estimate of drug-likeness (QED) is 0.228. The molecule has 8 heteroatoms. The number of carbonyl (C=O) groups excluding carboxylic acids is 2. The van der Waals surface area contributed by atoms with Gasteiger partial charge in [0.2, 0.25) is 0 Å². The van der Waals surface area contributed by atoms with Gasteiger partial charge in [0.15, 0.2) is 5.57 Å². The topological polar surface area (TPSA) is 91.7 Å². The number of hydrogen-bond donors (Lipinski definition) is 1. The molecule has 1 N–H and O–H groups in total. The molecule has 1 aromatic heterocycles. The zero-order chi connectivity index (χ0) is 17.9. The average Bonchev–Trinajstić information content (AvgIpc) is 2.88. The van der Waals surface area contributed by atoms with Gasteiger partial charge in [-0.2, -0.15) is 5.10 Å². The molecule has 0 amide bonds. The Morgan fingerprint density at radius 1 is 1.25 bits per heavy atom. The van der Waals surface area contributed by atoms with Crippen LogP contribution < -0.4 is 5.32 Å². The number of aromatic nitrogens is 2. The van der Waals surface area contributed by atoms with Crippen LogP contribution in [0.4, 0.5) is 5.82 Å². The van der Waals surface area contributed by atoms with Crippen LogP contribution in [0.15, 0.2) is 17.8 Å². The van der Waals surface area contributed by atoms with E-state index in [0.29, 0.717) is 19.0 Å². The third kappa shape index (κ3) is 6.04. The molecule has 0 aliphatic heterocycles. The van der Waals surface area contributed by atoms with Crippen LogP contribution in [0.2, 0.25) is 0 Å². The first-order chi connectivity index (χ1) is 11.5. The monoisotopic (exact) mass is 339 g/mol. The van der Waals surface area contributed by atoms with Crippen molar-refractivity contribution in [1.82, 2.24) is 9.78 Å². The SMILES string of the molecule is CCOC(=O)C(=CNc1cc(C)nn1CCCOC)C(=O)OCC. The van der Waals surface area contributed by atoms with Crippen LogP contribution in [-0.2, 0) is 30.3 Å². The summed E-state index contributed by atoms with van der Waals surface area (Å²) < 4.78 is 16.6. The molecule has 0 spiro atoms. The highest BCUT2D eigenvalue weighted by atomic mass is 16.6.